The number of benzene rings is 2. The fourth-order valence-corrected chi connectivity index (χ4v) is 6.23. The van der Waals surface area contributed by atoms with Crippen LogP contribution in [0.3, 0.4) is 0 Å². The standard InChI is InChI=1S/C24H29FN2O5S/c1-17(2)32-20-6-4-19(5-7-20)23(28)26-12-10-24(11-13-26)27(14-15-31-24)33(29,30)21-8-9-22(25)18(3)16-21/h4-9,16-17H,10-15H2,1-3H3. The molecule has 1 amide bonds. The number of rotatable bonds is 5. The highest BCUT2D eigenvalue weighted by Gasteiger charge is 2.51. The molecule has 4 rings (SSSR count). The molecule has 2 aliphatic heterocycles. The number of amides is 1. The lowest BCUT2D eigenvalue weighted by atomic mass is 10.00. The Hall–Kier alpha value is -2.49. The van der Waals surface area contributed by atoms with Crippen LogP contribution in [0.2, 0.25) is 0 Å². The largest absolute Gasteiger partial charge is 0.491 e. The quantitative estimate of drug-likeness (QED) is 0.660. The van der Waals surface area contributed by atoms with Crippen molar-refractivity contribution in [2.45, 2.75) is 50.3 Å². The molecule has 2 aromatic carbocycles. The van der Waals surface area contributed by atoms with E-state index in [4.69, 9.17) is 9.47 Å². The number of likely N-dealkylation sites (tertiary alicyclic amines) is 1. The van der Waals surface area contributed by atoms with E-state index < -0.39 is 21.6 Å². The van der Waals surface area contributed by atoms with E-state index in [9.17, 15) is 17.6 Å². The number of carbonyl (C=O) groups excluding carboxylic acids is 1. The number of aryl methyl sites for hydroxylation is 1. The summed E-state index contributed by atoms with van der Waals surface area (Å²) < 4.78 is 53.3. The second kappa shape index (κ2) is 9.04. The van der Waals surface area contributed by atoms with E-state index in [1.165, 1.54) is 29.4 Å². The van der Waals surface area contributed by atoms with Gasteiger partial charge in [0.1, 0.15) is 17.3 Å². The first kappa shape index (κ1) is 23.7. The molecule has 0 atom stereocenters. The Labute approximate surface area is 194 Å². The molecular formula is C24H29FN2O5S. The number of carbonyl (C=O) groups is 1. The molecule has 9 heteroatoms. The van der Waals surface area contributed by atoms with E-state index >= 15 is 0 Å². The van der Waals surface area contributed by atoms with Crippen LogP contribution in [0.25, 0.3) is 0 Å². The van der Waals surface area contributed by atoms with Crippen LogP contribution in [0.5, 0.6) is 5.75 Å². The Kier molecular flexibility index (Phi) is 6.48. The SMILES string of the molecule is Cc1cc(S(=O)(=O)N2CCOC23CCN(C(=O)c2ccc(OC(C)C)cc2)CC3)ccc1F. The maximum absolute atomic E-state index is 13.7. The van der Waals surface area contributed by atoms with Gasteiger partial charge in [-0.3, -0.25) is 4.79 Å². The molecule has 2 aliphatic rings. The van der Waals surface area contributed by atoms with E-state index in [2.05, 4.69) is 0 Å². The minimum Gasteiger partial charge on any atom is -0.491 e. The number of nitrogens with zero attached hydrogens (tertiary/aromatic N) is 2. The van der Waals surface area contributed by atoms with Gasteiger partial charge < -0.3 is 14.4 Å². The number of ether oxygens (including phenoxy) is 2. The third-order valence-corrected chi connectivity index (χ3v) is 8.09. The van der Waals surface area contributed by atoms with Crippen LogP contribution >= 0.6 is 0 Å². The number of sulfonamides is 1. The molecule has 0 aliphatic carbocycles. The van der Waals surface area contributed by atoms with Gasteiger partial charge in [0.25, 0.3) is 5.91 Å². The third kappa shape index (κ3) is 4.62. The lowest BCUT2D eigenvalue weighted by Crippen LogP contribution is -2.55. The summed E-state index contributed by atoms with van der Waals surface area (Å²) in [7, 11) is -3.87. The molecule has 0 unspecified atom stereocenters. The van der Waals surface area contributed by atoms with Crippen molar-refractivity contribution in [2.75, 3.05) is 26.2 Å². The summed E-state index contributed by atoms with van der Waals surface area (Å²) >= 11 is 0. The fraction of sp³-hybridized carbons (Fsp3) is 0.458. The second-order valence-electron chi connectivity index (χ2n) is 8.77. The molecule has 0 saturated carbocycles. The molecule has 7 nitrogen and oxygen atoms in total. The van der Waals surface area contributed by atoms with Gasteiger partial charge in [0, 0.05) is 38.0 Å². The van der Waals surface area contributed by atoms with Crippen LogP contribution in [-0.4, -0.2) is 61.6 Å². The maximum Gasteiger partial charge on any atom is 0.253 e. The Morgan fingerprint density at radius 2 is 1.76 bits per heavy atom. The van der Waals surface area contributed by atoms with E-state index in [-0.39, 0.29) is 35.6 Å². The minimum atomic E-state index is -3.87. The maximum atomic E-state index is 13.7. The van der Waals surface area contributed by atoms with E-state index in [0.717, 1.165) is 0 Å². The predicted molar refractivity (Wildman–Crippen MR) is 121 cm³/mol. The minimum absolute atomic E-state index is 0.0495. The number of piperidine rings is 1. The number of hydrogen-bond acceptors (Lipinski definition) is 5. The molecule has 178 valence electrons. The van der Waals surface area contributed by atoms with Gasteiger partial charge >= 0.3 is 0 Å². The van der Waals surface area contributed by atoms with Crippen LogP contribution in [0.15, 0.2) is 47.4 Å². The van der Waals surface area contributed by atoms with Gasteiger partial charge in [-0.2, -0.15) is 4.31 Å². The van der Waals surface area contributed by atoms with Crippen molar-refractivity contribution in [3.63, 3.8) is 0 Å². The Bertz CT molecular complexity index is 1130. The van der Waals surface area contributed by atoms with Gasteiger partial charge in [0.15, 0.2) is 0 Å². The number of hydrogen-bond donors (Lipinski definition) is 0. The lowest BCUT2D eigenvalue weighted by Gasteiger charge is -2.42. The molecule has 2 fully saturated rings. The third-order valence-electron chi connectivity index (χ3n) is 6.14. The van der Waals surface area contributed by atoms with E-state index in [0.29, 0.717) is 37.2 Å². The van der Waals surface area contributed by atoms with Crippen molar-refractivity contribution in [1.29, 1.82) is 0 Å². The van der Waals surface area contributed by atoms with Crippen LogP contribution < -0.4 is 4.74 Å². The summed E-state index contributed by atoms with van der Waals surface area (Å²) in [6, 6.07) is 10.8. The van der Waals surface area contributed by atoms with E-state index in [1.54, 1.807) is 29.2 Å². The van der Waals surface area contributed by atoms with Crippen molar-refractivity contribution < 1.29 is 27.1 Å². The average molecular weight is 477 g/mol. The monoisotopic (exact) mass is 476 g/mol. The van der Waals surface area contributed by atoms with E-state index in [1.807, 2.05) is 13.8 Å². The van der Waals surface area contributed by atoms with Gasteiger partial charge in [-0.1, -0.05) is 0 Å². The van der Waals surface area contributed by atoms with Gasteiger partial charge in [-0.25, -0.2) is 12.8 Å². The van der Waals surface area contributed by atoms with Crippen LogP contribution in [0.1, 0.15) is 42.6 Å². The highest BCUT2D eigenvalue weighted by atomic mass is 32.2. The molecule has 2 heterocycles. The zero-order valence-electron chi connectivity index (χ0n) is 19.1. The fourth-order valence-electron chi connectivity index (χ4n) is 4.42. The molecular weight excluding hydrogens is 447 g/mol. The summed E-state index contributed by atoms with van der Waals surface area (Å²) in [5.41, 5.74) is -0.163. The summed E-state index contributed by atoms with van der Waals surface area (Å²) in [6.07, 6.45) is 0.786. The lowest BCUT2D eigenvalue weighted by molar-refractivity contribution is -0.0857. The van der Waals surface area contributed by atoms with Gasteiger partial charge in [-0.15, -0.1) is 0 Å². The summed E-state index contributed by atoms with van der Waals surface area (Å²) in [6.45, 7) is 6.67. The summed E-state index contributed by atoms with van der Waals surface area (Å²) in [5, 5.41) is 0. The van der Waals surface area contributed by atoms with Crippen molar-refractivity contribution >= 4 is 15.9 Å². The highest BCUT2D eigenvalue weighted by molar-refractivity contribution is 7.89. The summed E-state index contributed by atoms with van der Waals surface area (Å²) in [4.78, 5) is 14.8. The molecule has 33 heavy (non-hydrogen) atoms. The van der Waals surface area contributed by atoms with Crippen molar-refractivity contribution in [1.82, 2.24) is 9.21 Å². The first-order valence-electron chi connectivity index (χ1n) is 11.1. The zero-order valence-corrected chi connectivity index (χ0v) is 19.9. The zero-order chi connectivity index (χ0) is 23.8. The van der Waals surface area contributed by atoms with Crippen LogP contribution in [-0.2, 0) is 14.8 Å². The average Bonchev–Trinajstić information content (AvgIpc) is 3.19. The number of halogens is 1. The highest BCUT2D eigenvalue weighted by Crippen LogP contribution is 2.38. The summed E-state index contributed by atoms with van der Waals surface area (Å²) in [5.74, 6) is 0.148. The topological polar surface area (TPSA) is 76.2 Å². The second-order valence-corrected chi connectivity index (χ2v) is 10.6. The molecule has 0 radical (unpaired) electrons. The molecule has 0 N–H and O–H groups in total. The smallest absolute Gasteiger partial charge is 0.253 e. The Morgan fingerprint density at radius 3 is 2.36 bits per heavy atom. The normalized spacial score (nSPS) is 18.8. The predicted octanol–water partition coefficient (Wildman–Crippen LogP) is 3.57. The van der Waals surface area contributed by atoms with Gasteiger partial charge in [0.05, 0.1) is 17.6 Å². The Balaban J connectivity index is 1.47. The van der Waals surface area contributed by atoms with Crippen molar-refractivity contribution in [2.24, 2.45) is 0 Å². The van der Waals surface area contributed by atoms with Crippen molar-refractivity contribution in [3.8, 4) is 5.75 Å². The first-order chi connectivity index (χ1) is 15.6. The van der Waals surface area contributed by atoms with Crippen LogP contribution in [0, 0.1) is 12.7 Å². The molecule has 2 saturated heterocycles. The van der Waals surface area contributed by atoms with Gasteiger partial charge in [-0.05, 0) is 68.8 Å². The first-order valence-corrected chi connectivity index (χ1v) is 12.6. The van der Waals surface area contributed by atoms with Gasteiger partial charge in [0.2, 0.25) is 10.0 Å². The molecule has 2 aromatic rings. The molecule has 0 aromatic heterocycles. The molecule has 1 spiro atoms. The molecule has 0 bridgehead atoms. The van der Waals surface area contributed by atoms with Crippen LogP contribution in [0.4, 0.5) is 4.39 Å². The van der Waals surface area contributed by atoms with Crippen molar-refractivity contribution in [3.05, 3.63) is 59.4 Å². The Morgan fingerprint density at radius 1 is 1.09 bits per heavy atom.